The van der Waals surface area contributed by atoms with Crippen LogP contribution in [0, 0.1) is 0 Å². The first kappa shape index (κ1) is 15.7. The Morgan fingerprint density at radius 2 is 2.05 bits per heavy atom. The Kier molecular flexibility index (Phi) is 5.25. The Hall–Kier alpha value is -2.69. The number of benzene rings is 1. The van der Waals surface area contributed by atoms with Gasteiger partial charge in [0.2, 0.25) is 0 Å². The lowest BCUT2D eigenvalue weighted by atomic mass is 10.1. The van der Waals surface area contributed by atoms with E-state index >= 15 is 0 Å². The fraction of sp³-hybridized carbons (Fsp3) is 0.235. The van der Waals surface area contributed by atoms with Gasteiger partial charge in [-0.3, -0.25) is 9.89 Å². The van der Waals surface area contributed by atoms with Crippen LogP contribution in [0.4, 0.5) is 0 Å². The number of hydrogen-bond acceptors (Lipinski definition) is 3. The maximum atomic E-state index is 11.9. The predicted octanol–water partition coefficient (Wildman–Crippen LogP) is 3.35. The van der Waals surface area contributed by atoms with Crippen LogP contribution in [0.3, 0.4) is 0 Å². The van der Waals surface area contributed by atoms with E-state index in [1.54, 1.807) is 12.3 Å². The molecule has 1 heterocycles. The van der Waals surface area contributed by atoms with E-state index in [0.29, 0.717) is 11.6 Å². The molecular formula is C17H20N4O. The molecule has 5 heteroatoms. The highest BCUT2D eigenvalue weighted by atomic mass is 16.2. The fourth-order valence-corrected chi connectivity index (χ4v) is 1.85. The fourth-order valence-electron chi connectivity index (χ4n) is 1.85. The first-order valence-electron chi connectivity index (χ1n) is 7.18. The van der Waals surface area contributed by atoms with Crippen molar-refractivity contribution in [1.29, 1.82) is 0 Å². The number of aromatic amines is 1. The Balaban J connectivity index is 1.93. The molecular weight excluding hydrogens is 276 g/mol. The van der Waals surface area contributed by atoms with Gasteiger partial charge < -0.3 is 0 Å². The van der Waals surface area contributed by atoms with Crippen LogP contribution in [0.1, 0.15) is 48.4 Å². The summed E-state index contributed by atoms with van der Waals surface area (Å²) in [5, 5.41) is 10.8. The summed E-state index contributed by atoms with van der Waals surface area (Å²) >= 11 is 0. The molecule has 0 radical (unpaired) electrons. The second-order valence-electron chi connectivity index (χ2n) is 5.36. The minimum absolute atomic E-state index is 0.300. The first-order valence-corrected chi connectivity index (χ1v) is 7.18. The maximum Gasteiger partial charge on any atom is 0.291 e. The van der Waals surface area contributed by atoms with E-state index in [1.165, 1.54) is 0 Å². The molecule has 2 aromatic rings. The van der Waals surface area contributed by atoms with E-state index in [-0.39, 0.29) is 5.91 Å². The van der Waals surface area contributed by atoms with Crippen molar-refractivity contribution in [1.82, 2.24) is 15.6 Å². The van der Waals surface area contributed by atoms with Crippen molar-refractivity contribution in [3.05, 3.63) is 58.9 Å². The number of rotatable bonds is 5. The number of carbonyl (C=O) groups is 1. The van der Waals surface area contributed by atoms with Gasteiger partial charge in [0.1, 0.15) is 0 Å². The number of H-pyrrole nitrogens is 1. The van der Waals surface area contributed by atoms with E-state index in [4.69, 9.17) is 0 Å². The van der Waals surface area contributed by atoms with Crippen LogP contribution in [0.5, 0.6) is 0 Å². The Labute approximate surface area is 130 Å². The van der Waals surface area contributed by atoms with Crippen LogP contribution in [0.15, 0.2) is 47.1 Å². The van der Waals surface area contributed by atoms with Crippen LogP contribution in [-0.4, -0.2) is 22.3 Å². The number of allylic oxidation sites excluding steroid dienone is 1. The summed E-state index contributed by atoms with van der Waals surface area (Å²) in [5.41, 5.74) is 5.77. The lowest BCUT2D eigenvalue weighted by Gasteiger charge is -1.97. The number of carbonyl (C=O) groups excluding carboxylic acids is 1. The molecule has 1 amide bonds. The minimum Gasteiger partial charge on any atom is -0.282 e. The molecule has 0 saturated carbocycles. The van der Waals surface area contributed by atoms with E-state index < -0.39 is 0 Å². The number of nitrogens with one attached hydrogen (secondary N) is 2. The summed E-state index contributed by atoms with van der Waals surface area (Å²) < 4.78 is 0. The van der Waals surface area contributed by atoms with Crippen LogP contribution in [0.25, 0.3) is 6.08 Å². The van der Waals surface area contributed by atoms with Crippen molar-refractivity contribution in [2.45, 2.75) is 26.7 Å². The molecule has 1 aromatic carbocycles. The van der Waals surface area contributed by atoms with Gasteiger partial charge in [-0.15, -0.1) is 0 Å². The first-order chi connectivity index (χ1) is 10.6. The molecule has 0 unspecified atom stereocenters. The van der Waals surface area contributed by atoms with Crippen molar-refractivity contribution in [2.24, 2.45) is 5.10 Å². The summed E-state index contributed by atoms with van der Waals surface area (Å²) in [4.78, 5) is 11.9. The van der Waals surface area contributed by atoms with Gasteiger partial charge in [-0.05, 0) is 30.0 Å². The molecule has 22 heavy (non-hydrogen) atoms. The van der Waals surface area contributed by atoms with Crippen molar-refractivity contribution in [2.75, 3.05) is 0 Å². The van der Waals surface area contributed by atoms with Gasteiger partial charge in [0.05, 0.1) is 6.21 Å². The van der Waals surface area contributed by atoms with Gasteiger partial charge in [0, 0.05) is 5.69 Å². The highest BCUT2D eigenvalue weighted by Crippen LogP contribution is 2.11. The molecule has 5 nitrogen and oxygen atoms in total. The zero-order valence-electron chi connectivity index (χ0n) is 13.0. The predicted molar refractivity (Wildman–Crippen MR) is 88.7 cm³/mol. The van der Waals surface area contributed by atoms with E-state index in [1.807, 2.05) is 57.2 Å². The molecule has 1 aromatic heterocycles. The number of nitrogens with zero attached hydrogens (tertiary/aromatic N) is 2. The van der Waals surface area contributed by atoms with Crippen LogP contribution < -0.4 is 5.43 Å². The van der Waals surface area contributed by atoms with E-state index in [2.05, 4.69) is 20.7 Å². The molecule has 114 valence electrons. The van der Waals surface area contributed by atoms with Crippen LogP contribution in [0.2, 0.25) is 0 Å². The molecule has 0 aliphatic rings. The summed E-state index contributed by atoms with van der Waals surface area (Å²) in [6.07, 6.45) is 3.60. The van der Waals surface area contributed by atoms with Crippen molar-refractivity contribution < 1.29 is 4.79 Å². The van der Waals surface area contributed by atoms with Gasteiger partial charge in [0.15, 0.2) is 5.69 Å². The third kappa shape index (κ3) is 4.41. The monoisotopic (exact) mass is 296 g/mol. The largest absolute Gasteiger partial charge is 0.291 e. The molecule has 0 spiro atoms. The van der Waals surface area contributed by atoms with E-state index in [0.717, 1.165) is 16.8 Å². The number of amides is 1. The average molecular weight is 296 g/mol. The molecule has 0 saturated heterocycles. The third-order valence-corrected chi connectivity index (χ3v) is 3.08. The highest BCUT2D eigenvalue weighted by Gasteiger charge is 2.10. The van der Waals surface area contributed by atoms with E-state index in [9.17, 15) is 4.79 Å². The molecule has 0 atom stereocenters. The normalized spacial score (nSPS) is 12.1. The van der Waals surface area contributed by atoms with Crippen molar-refractivity contribution in [3.8, 4) is 0 Å². The van der Waals surface area contributed by atoms with Gasteiger partial charge in [-0.25, -0.2) is 5.43 Å². The SMILES string of the molecule is C/C(C=NNC(=O)c1cc(C(C)C)[nH]n1)=C\c1ccccc1. The average Bonchev–Trinajstić information content (AvgIpc) is 2.98. The molecule has 0 fully saturated rings. The topological polar surface area (TPSA) is 70.1 Å². The zero-order chi connectivity index (χ0) is 15.9. The second-order valence-corrected chi connectivity index (χ2v) is 5.36. The Morgan fingerprint density at radius 3 is 2.68 bits per heavy atom. The lowest BCUT2D eigenvalue weighted by Crippen LogP contribution is -2.18. The van der Waals surface area contributed by atoms with Gasteiger partial charge >= 0.3 is 0 Å². The second kappa shape index (κ2) is 7.36. The van der Waals surface area contributed by atoms with Gasteiger partial charge in [-0.1, -0.05) is 50.3 Å². The molecule has 2 rings (SSSR count). The van der Waals surface area contributed by atoms with Crippen molar-refractivity contribution >= 4 is 18.2 Å². The van der Waals surface area contributed by atoms with Crippen LogP contribution >= 0.6 is 0 Å². The van der Waals surface area contributed by atoms with Gasteiger partial charge in [0.25, 0.3) is 5.91 Å². The Morgan fingerprint density at radius 1 is 1.32 bits per heavy atom. The Bertz CT molecular complexity index is 684. The highest BCUT2D eigenvalue weighted by molar-refractivity contribution is 5.93. The third-order valence-electron chi connectivity index (χ3n) is 3.08. The lowest BCUT2D eigenvalue weighted by molar-refractivity contribution is 0.0950. The smallest absolute Gasteiger partial charge is 0.282 e. The van der Waals surface area contributed by atoms with Crippen LogP contribution in [-0.2, 0) is 0 Å². The standard InChI is InChI=1S/C17H20N4O/c1-12(2)15-10-16(20-19-15)17(22)21-18-11-13(3)9-14-7-5-4-6-8-14/h4-12H,1-3H3,(H,19,20)(H,21,22)/b13-9+,18-11?. The van der Waals surface area contributed by atoms with Crippen molar-refractivity contribution in [3.63, 3.8) is 0 Å². The summed E-state index contributed by atoms with van der Waals surface area (Å²) in [6, 6.07) is 11.7. The summed E-state index contributed by atoms with van der Waals surface area (Å²) in [6.45, 7) is 5.99. The molecule has 2 N–H and O–H groups in total. The number of aromatic nitrogens is 2. The quantitative estimate of drug-likeness (QED) is 0.656. The zero-order valence-corrected chi connectivity index (χ0v) is 13.0. The van der Waals surface area contributed by atoms with Gasteiger partial charge in [-0.2, -0.15) is 10.2 Å². The maximum absolute atomic E-state index is 11.9. The molecule has 0 aliphatic carbocycles. The number of hydrogen-bond donors (Lipinski definition) is 2. The molecule has 0 aliphatic heterocycles. The molecule has 0 bridgehead atoms. The summed E-state index contributed by atoms with van der Waals surface area (Å²) in [7, 11) is 0. The summed E-state index contributed by atoms with van der Waals surface area (Å²) in [5.74, 6) is -0.0273. The minimum atomic E-state index is -0.327. The number of hydrazone groups is 1.